The van der Waals surface area contributed by atoms with E-state index in [-0.39, 0.29) is 37.4 Å². The highest BCUT2D eigenvalue weighted by Crippen LogP contribution is 2.40. The zero-order chi connectivity index (χ0) is 42.5. The summed E-state index contributed by atoms with van der Waals surface area (Å²) >= 11 is 0. The normalized spacial score (nSPS) is 14.7. The Balaban J connectivity index is 2.47. The van der Waals surface area contributed by atoms with Gasteiger partial charge in [-0.25, -0.2) is 8.78 Å². The van der Waals surface area contributed by atoms with Gasteiger partial charge in [-0.3, -0.25) is 14.5 Å². The van der Waals surface area contributed by atoms with E-state index in [2.05, 4.69) is 32.6 Å². The fraction of sp³-hybridized carbons (Fsp3) is 0.959. The molecule has 0 aromatic carbocycles. The van der Waals surface area contributed by atoms with E-state index in [4.69, 9.17) is 9.47 Å². The van der Waals surface area contributed by atoms with Crippen molar-refractivity contribution in [2.24, 2.45) is 11.8 Å². The topological polar surface area (TPSA) is 79.3 Å². The number of alkyl halides is 2. The molecule has 344 valence electrons. The predicted octanol–water partition coefficient (Wildman–Crippen LogP) is 13.1. The van der Waals surface area contributed by atoms with Crippen molar-refractivity contribution in [1.82, 2.24) is 9.80 Å². The van der Waals surface area contributed by atoms with Gasteiger partial charge >= 0.3 is 11.9 Å². The first-order valence-corrected chi connectivity index (χ1v) is 24.9. The zero-order valence-electron chi connectivity index (χ0n) is 38.5. The Bertz CT molecular complexity index is 932. The third kappa shape index (κ3) is 31.5. The van der Waals surface area contributed by atoms with E-state index in [9.17, 15) is 23.5 Å². The lowest BCUT2D eigenvalue weighted by Gasteiger charge is -2.43. The number of nitrogens with zero attached hydrogens (tertiary/aromatic N) is 2. The number of carbonyl (C=O) groups is 2. The number of carbonyl (C=O) groups excluding carboxylic acids is 2. The number of hydrogen-bond donors (Lipinski definition) is 1. The summed E-state index contributed by atoms with van der Waals surface area (Å²) in [5.41, 5.74) is 0. The summed E-state index contributed by atoms with van der Waals surface area (Å²) in [4.78, 5) is 29.6. The standard InChI is InChI=1S/C49H94F2N2O5/c1-5-8-11-14-17-22-29-44(4)42-57-47(55)32-25-20-27-34-52(36-37-53(38-39-54)46-40-49(50,51)41-46)35-28-21-26-33-48(56)58-43-45(30-23-18-15-12-9-6-2)31-24-19-16-13-10-7-3/h44-46,54H,5-43H2,1-4H3. The molecule has 9 heteroatoms. The smallest absolute Gasteiger partial charge is 0.305 e. The molecule has 0 spiro atoms. The number of aliphatic hydroxyl groups is 1. The quantitative estimate of drug-likeness (QED) is 0.0484. The van der Waals surface area contributed by atoms with Crippen molar-refractivity contribution in [3.05, 3.63) is 0 Å². The van der Waals surface area contributed by atoms with Gasteiger partial charge in [-0.15, -0.1) is 0 Å². The summed E-state index contributed by atoms with van der Waals surface area (Å²) in [5.74, 6) is -1.89. The Morgan fingerprint density at radius 1 is 0.569 bits per heavy atom. The highest BCUT2D eigenvalue weighted by Gasteiger charge is 2.47. The summed E-state index contributed by atoms with van der Waals surface area (Å²) in [6, 6.07) is -0.175. The van der Waals surface area contributed by atoms with Crippen LogP contribution in [0.5, 0.6) is 0 Å². The van der Waals surface area contributed by atoms with Gasteiger partial charge in [0.25, 0.3) is 5.92 Å². The van der Waals surface area contributed by atoms with E-state index in [1.807, 2.05) is 4.90 Å². The molecule has 0 bridgehead atoms. The lowest BCUT2D eigenvalue weighted by molar-refractivity contribution is -0.146. The minimum absolute atomic E-state index is 0.0368. The molecule has 0 aromatic rings. The first-order valence-electron chi connectivity index (χ1n) is 24.9. The van der Waals surface area contributed by atoms with E-state index >= 15 is 0 Å². The van der Waals surface area contributed by atoms with Gasteiger partial charge in [-0.2, -0.15) is 0 Å². The number of hydrogen-bond acceptors (Lipinski definition) is 7. The third-order valence-corrected chi connectivity index (χ3v) is 12.4. The summed E-state index contributed by atoms with van der Waals surface area (Å²) in [6.07, 6.45) is 32.6. The van der Waals surface area contributed by atoms with E-state index < -0.39 is 5.92 Å². The van der Waals surface area contributed by atoms with Crippen LogP contribution >= 0.6 is 0 Å². The lowest BCUT2D eigenvalue weighted by Crippen LogP contribution is -2.53. The van der Waals surface area contributed by atoms with Crippen LogP contribution in [-0.2, 0) is 19.1 Å². The zero-order valence-corrected chi connectivity index (χ0v) is 38.5. The van der Waals surface area contributed by atoms with Crippen molar-refractivity contribution >= 4 is 11.9 Å². The summed E-state index contributed by atoms with van der Waals surface area (Å²) in [7, 11) is 0. The fourth-order valence-electron chi connectivity index (χ4n) is 8.35. The van der Waals surface area contributed by atoms with Gasteiger partial charge < -0.3 is 19.5 Å². The van der Waals surface area contributed by atoms with Gasteiger partial charge in [0.2, 0.25) is 0 Å². The number of halogens is 2. The summed E-state index contributed by atoms with van der Waals surface area (Å²) < 4.78 is 38.8. The van der Waals surface area contributed by atoms with Crippen LogP contribution < -0.4 is 0 Å². The van der Waals surface area contributed by atoms with Crippen molar-refractivity contribution in [2.45, 2.75) is 239 Å². The van der Waals surface area contributed by atoms with Crippen molar-refractivity contribution in [1.29, 1.82) is 0 Å². The Morgan fingerprint density at radius 2 is 1.00 bits per heavy atom. The second-order valence-corrected chi connectivity index (χ2v) is 18.1. The molecule has 1 unspecified atom stereocenters. The summed E-state index contributed by atoms with van der Waals surface area (Å²) in [5, 5.41) is 9.63. The van der Waals surface area contributed by atoms with Gasteiger partial charge in [0, 0.05) is 51.4 Å². The molecule has 0 heterocycles. The first-order chi connectivity index (χ1) is 28.1. The van der Waals surface area contributed by atoms with Crippen LogP contribution in [0.4, 0.5) is 8.78 Å². The van der Waals surface area contributed by atoms with Crippen molar-refractivity contribution < 1.29 is 33.0 Å². The van der Waals surface area contributed by atoms with Gasteiger partial charge in [0.15, 0.2) is 0 Å². The second kappa shape index (κ2) is 37.4. The van der Waals surface area contributed by atoms with Gasteiger partial charge in [0.05, 0.1) is 19.8 Å². The number of unbranched alkanes of at least 4 members (excludes halogenated alkanes) is 19. The second-order valence-electron chi connectivity index (χ2n) is 18.1. The fourth-order valence-corrected chi connectivity index (χ4v) is 8.35. The van der Waals surface area contributed by atoms with E-state index in [1.165, 1.54) is 116 Å². The van der Waals surface area contributed by atoms with Crippen LogP contribution in [-0.4, -0.2) is 91.4 Å². The van der Waals surface area contributed by atoms with Gasteiger partial charge in [-0.05, 0) is 69.9 Å². The molecule has 0 saturated heterocycles. The average molecular weight is 829 g/mol. The van der Waals surface area contributed by atoms with E-state index in [1.54, 1.807) is 0 Å². The number of rotatable bonds is 43. The number of esters is 2. The molecule has 1 atom stereocenters. The maximum absolute atomic E-state index is 13.7. The number of aliphatic hydroxyl groups excluding tert-OH is 1. The van der Waals surface area contributed by atoms with Crippen molar-refractivity contribution in [3.63, 3.8) is 0 Å². The molecule has 1 rings (SSSR count). The largest absolute Gasteiger partial charge is 0.465 e. The molecular formula is C49H94F2N2O5. The molecule has 1 fully saturated rings. The average Bonchev–Trinajstić information content (AvgIpc) is 3.19. The highest BCUT2D eigenvalue weighted by atomic mass is 19.3. The lowest BCUT2D eigenvalue weighted by atomic mass is 9.87. The maximum atomic E-state index is 13.7. The molecule has 1 N–H and O–H groups in total. The van der Waals surface area contributed by atoms with E-state index in [0.717, 1.165) is 77.4 Å². The predicted molar refractivity (Wildman–Crippen MR) is 239 cm³/mol. The van der Waals surface area contributed by atoms with Crippen LogP contribution in [0.25, 0.3) is 0 Å². The Labute approximate surface area is 356 Å². The molecule has 0 radical (unpaired) electrons. The maximum Gasteiger partial charge on any atom is 0.305 e. The van der Waals surface area contributed by atoms with Crippen molar-refractivity contribution in [3.8, 4) is 0 Å². The van der Waals surface area contributed by atoms with E-state index in [0.29, 0.717) is 51.0 Å². The van der Waals surface area contributed by atoms with Crippen LogP contribution in [0.15, 0.2) is 0 Å². The molecule has 1 aliphatic carbocycles. The number of ether oxygens (including phenoxy) is 2. The minimum atomic E-state index is -2.59. The van der Waals surface area contributed by atoms with Crippen LogP contribution in [0.2, 0.25) is 0 Å². The first kappa shape index (κ1) is 54.7. The molecule has 58 heavy (non-hydrogen) atoms. The van der Waals surface area contributed by atoms with Crippen molar-refractivity contribution in [2.75, 3.05) is 52.5 Å². The minimum Gasteiger partial charge on any atom is -0.465 e. The van der Waals surface area contributed by atoms with Gasteiger partial charge in [0.1, 0.15) is 0 Å². The molecule has 0 aliphatic heterocycles. The third-order valence-electron chi connectivity index (χ3n) is 12.4. The molecular weight excluding hydrogens is 735 g/mol. The van der Waals surface area contributed by atoms with Crippen LogP contribution in [0.1, 0.15) is 227 Å². The highest BCUT2D eigenvalue weighted by molar-refractivity contribution is 5.69. The van der Waals surface area contributed by atoms with Crippen LogP contribution in [0.3, 0.4) is 0 Å². The Morgan fingerprint density at radius 3 is 1.47 bits per heavy atom. The molecule has 1 aliphatic rings. The molecule has 1 saturated carbocycles. The SMILES string of the molecule is CCCCCCCCC(C)COC(=O)CCCCCN(CCCCCC(=O)OCC(CCCCCCCC)CCCCCCCC)CCN(CCO)C1CC(F)(F)C1. The summed E-state index contributed by atoms with van der Waals surface area (Å²) in [6.45, 7) is 13.5. The Kier molecular flexibility index (Phi) is 35.3. The molecule has 0 aromatic heterocycles. The molecule has 7 nitrogen and oxygen atoms in total. The van der Waals surface area contributed by atoms with Gasteiger partial charge in [-0.1, -0.05) is 156 Å². The monoisotopic (exact) mass is 829 g/mol. The molecule has 0 amide bonds. The Hall–Kier alpha value is -1.32. The van der Waals surface area contributed by atoms with Crippen LogP contribution in [0, 0.1) is 11.8 Å².